The van der Waals surface area contributed by atoms with Gasteiger partial charge in [0.15, 0.2) is 0 Å². The Morgan fingerprint density at radius 3 is 1.92 bits per heavy atom. The lowest BCUT2D eigenvalue weighted by Crippen LogP contribution is -2.57. The number of ether oxygens (including phenoxy) is 1. The van der Waals surface area contributed by atoms with Gasteiger partial charge in [-0.1, -0.05) is 68.4 Å². The molecule has 0 unspecified atom stereocenters. The first kappa shape index (κ1) is 36.7. The fourth-order valence-electron chi connectivity index (χ4n) is 5.66. The van der Waals surface area contributed by atoms with Gasteiger partial charge in [-0.3, -0.25) is 39.0 Å². The second-order valence-corrected chi connectivity index (χ2v) is 13.6. The van der Waals surface area contributed by atoms with Crippen LogP contribution >= 0.6 is 0 Å². The Balaban J connectivity index is 1.56. The molecule has 3 aromatic carbocycles. The lowest BCUT2D eigenvalue weighted by molar-refractivity contribution is -0.158. The van der Waals surface area contributed by atoms with Crippen LogP contribution in [0.5, 0.6) is 0 Å². The van der Waals surface area contributed by atoms with Gasteiger partial charge in [0, 0.05) is 13.0 Å². The molecule has 0 bridgehead atoms. The maximum Gasteiger partial charge on any atom is 0.323 e. The van der Waals surface area contributed by atoms with Crippen LogP contribution in [0.2, 0.25) is 0 Å². The van der Waals surface area contributed by atoms with Gasteiger partial charge in [0.25, 0.3) is 11.8 Å². The first-order valence-electron chi connectivity index (χ1n) is 16.3. The van der Waals surface area contributed by atoms with Crippen LogP contribution in [0.15, 0.2) is 66.7 Å². The van der Waals surface area contributed by atoms with E-state index in [1.54, 1.807) is 57.2 Å². The topological polar surface area (TPSA) is 171 Å². The largest absolute Gasteiger partial charge is 0.480 e. The highest BCUT2D eigenvalue weighted by Crippen LogP contribution is 2.28. The summed E-state index contributed by atoms with van der Waals surface area (Å²) in [5.74, 6) is -4.13. The van der Waals surface area contributed by atoms with Gasteiger partial charge in [-0.05, 0) is 68.0 Å². The molecule has 0 spiro atoms. The normalized spacial score (nSPS) is 14.7. The summed E-state index contributed by atoms with van der Waals surface area (Å²) in [6, 6.07) is 16.5. The summed E-state index contributed by atoms with van der Waals surface area (Å²) < 4.78 is 5.68. The monoisotopic (exact) mass is 672 g/mol. The standard InChI is InChI=1S/C37H44N4O8/c1-22(2)17-29(33(45)40-30(32(44)38-21-31(42)43)18-23-11-7-6-8-12-23)39-28(36(48)49-37(3,4)5)15-16-41-34(46)26-19-24-13-9-10-14-25(24)20-27(26)35(41)47/h6-14,19-20,22,28-30,39H,15-18,21H2,1-5H3,(H,38,44)(H,40,45)(H,42,43)/t28-,29+,30+/m1/s1. The molecule has 1 aliphatic rings. The van der Waals surface area contributed by atoms with E-state index in [0.29, 0.717) is 0 Å². The highest BCUT2D eigenvalue weighted by molar-refractivity contribution is 6.23. The van der Waals surface area contributed by atoms with E-state index >= 15 is 0 Å². The van der Waals surface area contributed by atoms with Gasteiger partial charge in [-0.25, -0.2) is 0 Å². The van der Waals surface area contributed by atoms with Crippen LogP contribution in [0, 0.1) is 5.92 Å². The Morgan fingerprint density at radius 2 is 1.39 bits per heavy atom. The maximum atomic E-state index is 13.9. The van der Waals surface area contributed by atoms with Crippen LogP contribution in [-0.4, -0.2) is 82.4 Å². The molecule has 1 heterocycles. The minimum Gasteiger partial charge on any atom is -0.480 e. The number of benzene rings is 3. The van der Waals surface area contributed by atoms with E-state index in [2.05, 4.69) is 16.0 Å². The zero-order chi connectivity index (χ0) is 35.9. The Labute approximate surface area is 285 Å². The fourth-order valence-corrected chi connectivity index (χ4v) is 5.66. The zero-order valence-electron chi connectivity index (χ0n) is 28.4. The quantitative estimate of drug-likeness (QED) is 0.139. The van der Waals surface area contributed by atoms with Crippen LogP contribution in [0.4, 0.5) is 0 Å². The molecule has 0 aromatic heterocycles. The second-order valence-electron chi connectivity index (χ2n) is 13.6. The molecule has 0 aliphatic carbocycles. The number of aliphatic carboxylic acids is 1. The number of amides is 4. The van der Waals surface area contributed by atoms with E-state index in [1.807, 2.05) is 44.2 Å². The molecule has 260 valence electrons. The van der Waals surface area contributed by atoms with Gasteiger partial charge in [-0.15, -0.1) is 0 Å². The molecule has 49 heavy (non-hydrogen) atoms. The van der Waals surface area contributed by atoms with E-state index in [4.69, 9.17) is 9.84 Å². The summed E-state index contributed by atoms with van der Waals surface area (Å²) in [6.07, 6.45) is 0.310. The smallest absolute Gasteiger partial charge is 0.323 e. The summed E-state index contributed by atoms with van der Waals surface area (Å²) in [6.45, 7) is 8.17. The number of carboxylic acid groups (broad SMARTS) is 1. The van der Waals surface area contributed by atoms with E-state index < -0.39 is 65.8 Å². The molecule has 0 radical (unpaired) electrons. The fraction of sp³-hybridized carbons (Fsp3) is 0.405. The molecule has 0 saturated heterocycles. The third kappa shape index (κ3) is 9.96. The van der Waals surface area contributed by atoms with Gasteiger partial charge in [0.2, 0.25) is 11.8 Å². The molecule has 12 heteroatoms. The first-order chi connectivity index (χ1) is 23.1. The Kier molecular flexibility index (Phi) is 11.9. The van der Waals surface area contributed by atoms with Gasteiger partial charge in [0.05, 0.1) is 17.2 Å². The SMILES string of the molecule is CC(C)C[C@H](N[C@H](CCN1C(=O)c2cc3ccccc3cc2C1=O)C(=O)OC(C)(C)C)C(=O)N[C@@H](Cc1ccccc1)C(=O)NCC(=O)O. The highest BCUT2D eigenvalue weighted by atomic mass is 16.6. The Bertz CT molecular complexity index is 1660. The number of nitrogens with one attached hydrogen (secondary N) is 3. The number of rotatable bonds is 15. The van der Waals surface area contributed by atoms with Crippen LogP contribution in [0.25, 0.3) is 10.8 Å². The summed E-state index contributed by atoms with van der Waals surface area (Å²) in [5.41, 5.74) is 0.444. The molecule has 0 saturated carbocycles. The van der Waals surface area contributed by atoms with E-state index in [9.17, 15) is 28.8 Å². The van der Waals surface area contributed by atoms with Gasteiger partial charge >= 0.3 is 11.9 Å². The molecule has 12 nitrogen and oxygen atoms in total. The molecular formula is C37H44N4O8. The molecule has 1 aliphatic heterocycles. The van der Waals surface area contributed by atoms with Crippen molar-refractivity contribution in [3.05, 3.63) is 83.4 Å². The average Bonchev–Trinajstić information content (AvgIpc) is 3.26. The molecule has 3 aromatic rings. The second kappa shape index (κ2) is 15.9. The Morgan fingerprint density at radius 1 is 0.816 bits per heavy atom. The predicted molar refractivity (Wildman–Crippen MR) is 183 cm³/mol. The minimum absolute atomic E-state index is 0.0266. The first-order valence-corrected chi connectivity index (χ1v) is 16.3. The van der Waals surface area contributed by atoms with E-state index in [-0.39, 0.29) is 42.9 Å². The number of carbonyl (C=O) groups is 6. The molecule has 4 N–H and O–H groups in total. The van der Waals surface area contributed by atoms with Crippen LogP contribution in [-0.2, 0) is 30.3 Å². The van der Waals surface area contributed by atoms with Crippen molar-refractivity contribution >= 4 is 46.3 Å². The van der Waals surface area contributed by atoms with Crippen molar-refractivity contribution in [2.24, 2.45) is 5.92 Å². The van der Waals surface area contributed by atoms with Gasteiger partial charge in [0.1, 0.15) is 24.2 Å². The summed E-state index contributed by atoms with van der Waals surface area (Å²) in [5, 5.41) is 18.9. The van der Waals surface area contributed by atoms with Crippen molar-refractivity contribution in [3.63, 3.8) is 0 Å². The summed E-state index contributed by atoms with van der Waals surface area (Å²) >= 11 is 0. The maximum absolute atomic E-state index is 13.9. The number of carbonyl (C=O) groups excluding carboxylic acids is 5. The minimum atomic E-state index is -1.23. The van der Waals surface area contributed by atoms with Crippen LogP contribution < -0.4 is 16.0 Å². The number of fused-ring (bicyclic) bond motifs is 2. The number of nitrogens with zero attached hydrogens (tertiary/aromatic N) is 1. The van der Waals surface area contributed by atoms with Crippen molar-refractivity contribution in [2.75, 3.05) is 13.1 Å². The molecule has 0 fully saturated rings. The van der Waals surface area contributed by atoms with E-state index in [0.717, 1.165) is 21.2 Å². The van der Waals surface area contributed by atoms with Gasteiger partial charge in [-0.2, -0.15) is 0 Å². The van der Waals surface area contributed by atoms with Crippen molar-refractivity contribution < 1.29 is 38.6 Å². The summed E-state index contributed by atoms with van der Waals surface area (Å²) in [7, 11) is 0. The van der Waals surface area contributed by atoms with Crippen molar-refractivity contribution in [3.8, 4) is 0 Å². The number of hydrogen-bond acceptors (Lipinski definition) is 8. The number of imide groups is 1. The lowest BCUT2D eigenvalue weighted by Gasteiger charge is -2.30. The number of carboxylic acids is 1. The molecule has 4 amide bonds. The third-order valence-corrected chi connectivity index (χ3v) is 7.93. The molecular weight excluding hydrogens is 628 g/mol. The lowest BCUT2D eigenvalue weighted by atomic mass is 9.99. The van der Waals surface area contributed by atoms with Gasteiger partial charge < -0.3 is 20.5 Å². The number of hydrogen-bond donors (Lipinski definition) is 4. The molecule has 4 rings (SSSR count). The third-order valence-electron chi connectivity index (χ3n) is 7.93. The Hall–Kier alpha value is -5.10. The predicted octanol–water partition coefficient (Wildman–Crippen LogP) is 3.47. The zero-order valence-corrected chi connectivity index (χ0v) is 28.4. The van der Waals surface area contributed by atoms with Crippen molar-refractivity contribution in [1.29, 1.82) is 0 Å². The van der Waals surface area contributed by atoms with E-state index in [1.165, 1.54) is 0 Å². The highest BCUT2D eigenvalue weighted by Gasteiger charge is 2.38. The van der Waals surface area contributed by atoms with Crippen molar-refractivity contribution in [2.45, 2.75) is 77.6 Å². The van der Waals surface area contributed by atoms with Crippen LogP contribution in [0.1, 0.15) is 73.7 Å². The number of esters is 1. The molecule has 3 atom stereocenters. The summed E-state index contributed by atoms with van der Waals surface area (Å²) in [4.78, 5) is 79.5. The van der Waals surface area contributed by atoms with Crippen molar-refractivity contribution in [1.82, 2.24) is 20.9 Å². The van der Waals surface area contributed by atoms with Crippen LogP contribution in [0.3, 0.4) is 0 Å². The average molecular weight is 673 g/mol.